The van der Waals surface area contributed by atoms with E-state index in [1.165, 1.54) is 0 Å². The van der Waals surface area contributed by atoms with Crippen LogP contribution in [0.1, 0.15) is 26.3 Å². The van der Waals surface area contributed by atoms with Crippen molar-refractivity contribution in [3.8, 4) is 0 Å². The number of hydrogen-bond acceptors (Lipinski definition) is 2. The third-order valence-electron chi connectivity index (χ3n) is 2.83. The van der Waals surface area contributed by atoms with Crippen molar-refractivity contribution in [1.82, 2.24) is 0 Å². The number of anilines is 1. The van der Waals surface area contributed by atoms with E-state index in [1.54, 1.807) is 36.4 Å². The SMILES string of the molecule is Cc1cc(C(=O)Nc2cccc(C(N)=O)c2)ccc1Br. The molecule has 102 valence electrons. The molecule has 0 unspecified atom stereocenters. The predicted molar refractivity (Wildman–Crippen MR) is 81.8 cm³/mol. The Morgan fingerprint density at radius 1 is 1.10 bits per heavy atom. The maximum atomic E-state index is 12.1. The fourth-order valence-corrected chi connectivity index (χ4v) is 1.99. The molecule has 2 aromatic carbocycles. The lowest BCUT2D eigenvalue weighted by Crippen LogP contribution is -2.14. The van der Waals surface area contributed by atoms with E-state index in [9.17, 15) is 9.59 Å². The first-order chi connectivity index (χ1) is 9.47. The summed E-state index contributed by atoms with van der Waals surface area (Å²) in [5.74, 6) is -0.761. The lowest BCUT2D eigenvalue weighted by Gasteiger charge is -2.07. The molecule has 0 saturated heterocycles. The first kappa shape index (κ1) is 14.3. The summed E-state index contributed by atoms with van der Waals surface area (Å²) in [5.41, 5.74) is 7.62. The highest BCUT2D eigenvalue weighted by Crippen LogP contribution is 2.18. The molecule has 0 heterocycles. The summed E-state index contributed by atoms with van der Waals surface area (Å²) in [6.45, 7) is 1.91. The third-order valence-corrected chi connectivity index (χ3v) is 3.71. The Morgan fingerprint density at radius 3 is 2.50 bits per heavy atom. The summed E-state index contributed by atoms with van der Waals surface area (Å²) in [6, 6.07) is 11.9. The number of halogens is 1. The van der Waals surface area contributed by atoms with E-state index in [2.05, 4.69) is 21.2 Å². The molecule has 0 saturated carbocycles. The molecule has 2 aromatic rings. The molecule has 4 nitrogen and oxygen atoms in total. The Balaban J connectivity index is 2.21. The van der Waals surface area contributed by atoms with Crippen LogP contribution in [-0.4, -0.2) is 11.8 Å². The van der Waals surface area contributed by atoms with Gasteiger partial charge in [-0.3, -0.25) is 9.59 Å². The zero-order chi connectivity index (χ0) is 14.7. The molecule has 0 fully saturated rings. The molecular formula is C15H13BrN2O2. The Kier molecular flexibility index (Phi) is 4.20. The van der Waals surface area contributed by atoms with Gasteiger partial charge in [0.1, 0.15) is 0 Å². The van der Waals surface area contributed by atoms with Gasteiger partial charge in [0.05, 0.1) is 0 Å². The molecule has 0 spiro atoms. The van der Waals surface area contributed by atoms with E-state index in [0.717, 1.165) is 10.0 Å². The van der Waals surface area contributed by atoms with Gasteiger partial charge in [0.15, 0.2) is 0 Å². The Labute approximate surface area is 125 Å². The largest absolute Gasteiger partial charge is 0.366 e. The summed E-state index contributed by atoms with van der Waals surface area (Å²) in [5, 5.41) is 2.74. The molecule has 3 N–H and O–H groups in total. The van der Waals surface area contributed by atoms with Crippen LogP contribution in [0, 0.1) is 6.92 Å². The van der Waals surface area contributed by atoms with Gasteiger partial charge in [0.25, 0.3) is 5.91 Å². The highest BCUT2D eigenvalue weighted by molar-refractivity contribution is 9.10. The van der Waals surface area contributed by atoms with Gasteiger partial charge in [-0.25, -0.2) is 0 Å². The van der Waals surface area contributed by atoms with Gasteiger partial charge in [-0.1, -0.05) is 22.0 Å². The predicted octanol–water partition coefficient (Wildman–Crippen LogP) is 3.11. The minimum atomic E-state index is -0.527. The Hall–Kier alpha value is -2.14. The number of aryl methyl sites for hydroxylation is 1. The lowest BCUT2D eigenvalue weighted by atomic mass is 10.1. The first-order valence-corrected chi connectivity index (χ1v) is 6.74. The molecule has 20 heavy (non-hydrogen) atoms. The van der Waals surface area contributed by atoms with Crippen molar-refractivity contribution in [2.24, 2.45) is 5.73 Å². The number of primary amides is 1. The van der Waals surface area contributed by atoms with Gasteiger partial charge in [0.2, 0.25) is 5.91 Å². The maximum Gasteiger partial charge on any atom is 0.255 e. The minimum absolute atomic E-state index is 0.234. The molecule has 0 atom stereocenters. The monoisotopic (exact) mass is 332 g/mol. The van der Waals surface area contributed by atoms with Gasteiger partial charge < -0.3 is 11.1 Å². The van der Waals surface area contributed by atoms with Crippen molar-refractivity contribution in [2.45, 2.75) is 6.92 Å². The molecule has 2 amide bonds. The van der Waals surface area contributed by atoms with E-state index >= 15 is 0 Å². The van der Waals surface area contributed by atoms with Gasteiger partial charge in [-0.2, -0.15) is 0 Å². The van der Waals surface area contributed by atoms with Crippen molar-refractivity contribution in [3.05, 3.63) is 63.6 Å². The van der Waals surface area contributed by atoms with Gasteiger partial charge in [0, 0.05) is 21.3 Å². The average Bonchev–Trinajstić information content (AvgIpc) is 2.42. The molecule has 0 bridgehead atoms. The van der Waals surface area contributed by atoms with Crippen LogP contribution in [0.25, 0.3) is 0 Å². The standard InChI is InChI=1S/C15H13BrN2O2/c1-9-7-11(5-6-13(9)16)15(20)18-12-4-2-3-10(8-12)14(17)19/h2-8H,1H3,(H2,17,19)(H,18,20). The zero-order valence-corrected chi connectivity index (χ0v) is 12.4. The molecule has 0 aliphatic carbocycles. The summed E-state index contributed by atoms with van der Waals surface area (Å²) in [4.78, 5) is 23.2. The van der Waals surface area contributed by atoms with Crippen LogP contribution in [0.3, 0.4) is 0 Å². The number of carbonyl (C=O) groups excluding carboxylic acids is 2. The zero-order valence-electron chi connectivity index (χ0n) is 10.8. The molecule has 0 aliphatic heterocycles. The molecule has 0 radical (unpaired) electrons. The van der Waals surface area contributed by atoms with Crippen molar-refractivity contribution in [3.63, 3.8) is 0 Å². The number of carbonyl (C=O) groups is 2. The van der Waals surface area contributed by atoms with E-state index in [4.69, 9.17) is 5.73 Å². The molecule has 0 aromatic heterocycles. The number of hydrogen-bond donors (Lipinski definition) is 2. The Bertz CT molecular complexity index is 683. The smallest absolute Gasteiger partial charge is 0.255 e. The van der Waals surface area contributed by atoms with Crippen LogP contribution < -0.4 is 11.1 Å². The molecule has 2 rings (SSSR count). The fraction of sp³-hybridized carbons (Fsp3) is 0.0667. The van der Waals surface area contributed by atoms with Crippen LogP contribution in [0.2, 0.25) is 0 Å². The summed E-state index contributed by atoms with van der Waals surface area (Å²) < 4.78 is 0.949. The van der Waals surface area contributed by atoms with E-state index in [-0.39, 0.29) is 5.91 Å². The second-order valence-corrected chi connectivity index (χ2v) is 5.22. The quantitative estimate of drug-likeness (QED) is 0.906. The number of nitrogens with two attached hydrogens (primary N) is 1. The second-order valence-electron chi connectivity index (χ2n) is 4.36. The third kappa shape index (κ3) is 3.24. The first-order valence-electron chi connectivity index (χ1n) is 5.95. The van der Waals surface area contributed by atoms with Crippen LogP contribution >= 0.6 is 15.9 Å². The van der Waals surface area contributed by atoms with Crippen LogP contribution in [0.5, 0.6) is 0 Å². The highest BCUT2D eigenvalue weighted by atomic mass is 79.9. The second kappa shape index (κ2) is 5.88. The van der Waals surface area contributed by atoms with Crippen molar-refractivity contribution < 1.29 is 9.59 Å². The van der Waals surface area contributed by atoms with Crippen LogP contribution in [0.4, 0.5) is 5.69 Å². The number of nitrogens with one attached hydrogen (secondary N) is 1. The van der Waals surface area contributed by atoms with Crippen molar-refractivity contribution in [1.29, 1.82) is 0 Å². The number of benzene rings is 2. The topological polar surface area (TPSA) is 72.2 Å². The van der Waals surface area contributed by atoms with E-state index in [1.807, 2.05) is 13.0 Å². The highest BCUT2D eigenvalue weighted by Gasteiger charge is 2.08. The number of rotatable bonds is 3. The van der Waals surface area contributed by atoms with E-state index in [0.29, 0.717) is 16.8 Å². The van der Waals surface area contributed by atoms with Crippen LogP contribution in [0.15, 0.2) is 46.9 Å². The average molecular weight is 333 g/mol. The fourth-order valence-electron chi connectivity index (χ4n) is 1.74. The number of amides is 2. The summed E-state index contributed by atoms with van der Waals surface area (Å²) in [7, 11) is 0. The summed E-state index contributed by atoms with van der Waals surface area (Å²) >= 11 is 3.39. The Morgan fingerprint density at radius 2 is 1.85 bits per heavy atom. The van der Waals surface area contributed by atoms with Gasteiger partial charge in [-0.15, -0.1) is 0 Å². The van der Waals surface area contributed by atoms with Crippen molar-refractivity contribution >= 4 is 33.4 Å². The summed E-state index contributed by atoms with van der Waals surface area (Å²) in [6.07, 6.45) is 0. The maximum absolute atomic E-state index is 12.1. The van der Waals surface area contributed by atoms with Gasteiger partial charge >= 0.3 is 0 Å². The van der Waals surface area contributed by atoms with Crippen molar-refractivity contribution in [2.75, 3.05) is 5.32 Å². The normalized spacial score (nSPS) is 10.1. The van der Waals surface area contributed by atoms with Crippen LogP contribution in [-0.2, 0) is 0 Å². The minimum Gasteiger partial charge on any atom is -0.366 e. The molecule has 5 heteroatoms. The molecule has 0 aliphatic rings. The lowest BCUT2D eigenvalue weighted by molar-refractivity contribution is 0.0996. The molecular weight excluding hydrogens is 320 g/mol. The van der Waals surface area contributed by atoms with Gasteiger partial charge in [-0.05, 0) is 48.9 Å². The van der Waals surface area contributed by atoms with E-state index < -0.39 is 5.91 Å².